The Balaban J connectivity index is 2.09. The van der Waals surface area contributed by atoms with Gasteiger partial charge in [-0.1, -0.05) is 0 Å². The Morgan fingerprint density at radius 1 is 1.25 bits per heavy atom. The molecule has 0 radical (unpaired) electrons. The van der Waals surface area contributed by atoms with E-state index in [-0.39, 0.29) is 14.5 Å². The molecule has 0 atom stereocenters. The molecular formula is C11H12ClN3Se. The summed E-state index contributed by atoms with van der Waals surface area (Å²) >= 11 is 6.08. The Kier molecular flexibility index (Phi) is 4.40. The maximum absolute atomic E-state index is 5.81. The van der Waals surface area contributed by atoms with Gasteiger partial charge in [-0.2, -0.15) is 0 Å². The van der Waals surface area contributed by atoms with Crippen molar-refractivity contribution in [2.45, 2.75) is 6.54 Å². The molecule has 1 aromatic carbocycles. The molecule has 0 aliphatic rings. The number of benzene rings is 1. The summed E-state index contributed by atoms with van der Waals surface area (Å²) in [6, 6.07) is 10.4. The first-order chi connectivity index (χ1) is 7.90. The summed E-state index contributed by atoms with van der Waals surface area (Å²) in [6.45, 7) is 1.68. The fraction of sp³-hybridized carbons (Fsp3) is 0.273. The van der Waals surface area contributed by atoms with Crippen molar-refractivity contribution in [2.24, 2.45) is 0 Å². The molecular weight excluding hydrogens is 289 g/mol. The van der Waals surface area contributed by atoms with Crippen LogP contribution >= 0.6 is 11.6 Å². The van der Waals surface area contributed by atoms with Gasteiger partial charge in [-0.05, 0) is 0 Å². The second-order valence-corrected chi connectivity index (χ2v) is 5.40. The topological polar surface area (TPSA) is 29.0 Å². The molecule has 0 aliphatic carbocycles. The van der Waals surface area contributed by atoms with E-state index in [1.165, 1.54) is 5.56 Å². The first kappa shape index (κ1) is 11.6. The number of anilines is 1. The van der Waals surface area contributed by atoms with Crippen molar-refractivity contribution >= 4 is 30.8 Å². The second kappa shape index (κ2) is 6.04. The average molecular weight is 301 g/mol. The fourth-order valence-corrected chi connectivity index (χ4v) is 2.89. The van der Waals surface area contributed by atoms with Crippen LogP contribution in [0.5, 0.6) is 0 Å². The fourth-order valence-electron chi connectivity index (χ4n) is 1.45. The standard InChI is InChI=1S/C11H12ClN3Se/c12-6-7-15(11-14-13-9-16-11)8-10-4-2-1-3-5-10/h1-5,9H,6-8H2. The Morgan fingerprint density at radius 3 is 2.69 bits per heavy atom. The van der Waals surface area contributed by atoms with Gasteiger partial charge >= 0.3 is 106 Å². The summed E-state index contributed by atoms with van der Waals surface area (Å²) in [5, 5.41) is 9.93. The Morgan fingerprint density at radius 2 is 2.06 bits per heavy atom. The maximum atomic E-state index is 5.81. The number of hydrogen-bond acceptors (Lipinski definition) is 3. The molecule has 0 unspecified atom stereocenters. The number of aromatic nitrogens is 2. The van der Waals surface area contributed by atoms with E-state index in [2.05, 4.69) is 27.2 Å². The average Bonchev–Trinajstić information content (AvgIpc) is 2.83. The molecule has 2 rings (SSSR count). The third kappa shape index (κ3) is 3.08. The van der Waals surface area contributed by atoms with E-state index in [0.717, 1.165) is 17.8 Å². The van der Waals surface area contributed by atoms with Crippen LogP contribution in [0.1, 0.15) is 5.56 Å². The van der Waals surface area contributed by atoms with Gasteiger partial charge in [0.25, 0.3) is 0 Å². The van der Waals surface area contributed by atoms with E-state index in [0.29, 0.717) is 5.88 Å². The van der Waals surface area contributed by atoms with Crippen LogP contribution in [0.4, 0.5) is 4.69 Å². The first-order valence-corrected chi connectivity index (χ1v) is 7.39. The number of hydrogen-bond donors (Lipinski definition) is 0. The molecule has 3 nitrogen and oxygen atoms in total. The predicted molar refractivity (Wildman–Crippen MR) is 67.2 cm³/mol. The van der Waals surface area contributed by atoms with Crippen LogP contribution < -0.4 is 4.90 Å². The van der Waals surface area contributed by atoms with Crippen molar-refractivity contribution in [2.75, 3.05) is 17.3 Å². The zero-order valence-electron chi connectivity index (χ0n) is 8.71. The molecule has 0 saturated carbocycles. The van der Waals surface area contributed by atoms with E-state index in [1.807, 2.05) is 23.3 Å². The van der Waals surface area contributed by atoms with E-state index in [9.17, 15) is 0 Å². The molecule has 16 heavy (non-hydrogen) atoms. The van der Waals surface area contributed by atoms with Crippen LogP contribution in [0, 0.1) is 0 Å². The normalized spacial score (nSPS) is 10.3. The molecule has 84 valence electrons. The molecule has 5 heteroatoms. The van der Waals surface area contributed by atoms with Crippen LogP contribution in [-0.4, -0.2) is 37.1 Å². The minimum absolute atomic E-state index is 0.265. The number of nitrogens with zero attached hydrogens (tertiary/aromatic N) is 3. The molecule has 0 bridgehead atoms. The molecule has 1 heterocycles. The number of halogens is 1. The van der Waals surface area contributed by atoms with Crippen molar-refractivity contribution in [3.8, 4) is 0 Å². The Labute approximate surface area is 106 Å². The number of rotatable bonds is 5. The summed E-state index contributed by atoms with van der Waals surface area (Å²) in [5.41, 5.74) is 1.28. The minimum atomic E-state index is 0.265. The van der Waals surface area contributed by atoms with E-state index in [4.69, 9.17) is 11.6 Å². The molecule has 1 aromatic heterocycles. The molecule has 0 fully saturated rings. The summed E-state index contributed by atoms with van der Waals surface area (Å²) in [5.74, 6) is 0.613. The third-order valence-corrected chi connectivity index (χ3v) is 3.93. The second-order valence-electron chi connectivity index (χ2n) is 3.32. The third-order valence-electron chi connectivity index (χ3n) is 2.19. The van der Waals surface area contributed by atoms with Crippen molar-refractivity contribution in [1.82, 2.24) is 10.2 Å². The van der Waals surface area contributed by atoms with Gasteiger partial charge in [0.05, 0.1) is 0 Å². The van der Waals surface area contributed by atoms with Crippen LogP contribution in [-0.2, 0) is 6.54 Å². The molecule has 2 aromatic rings. The van der Waals surface area contributed by atoms with Gasteiger partial charge in [-0.3, -0.25) is 0 Å². The summed E-state index contributed by atoms with van der Waals surface area (Å²) in [4.78, 5) is 2.20. The zero-order valence-corrected chi connectivity index (χ0v) is 11.2. The van der Waals surface area contributed by atoms with Gasteiger partial charge in [-0.25, -0.2) is 0 Å². The van der Waals surface area contributed by atoms with Gasteiger partial charge in [-0.15, -0.1) is 0 Å². The monoisotopic (exact) mass is 301 g/mol. The molecule has 0 amide bonds. The Hall–Kier alpha value is -0.831. The van der Waals surface area contributed by atoms with E-state index < -0.39 is 0 Å². The summed E-state index contributed by atoms with van der Waals surface area (Å²) in [7, 11) is 0. The van der Waals surface area contributed by atoms with Crippen LogP contribution in [0.15, 0.2) is 35.4 Å². The van der Waals surface area contributed by atoms with Crippen molar-refractivity contribution < 1.29 is 0 Å². The number of alkyl halides is 1. The SMILES string of the molecule is ClCCN(Cc1ccccc1)c1nnc[se]1. The van der Waals surface area contributed by atoms with Gasteiger partial charge in [0.1, 0.15) is 0 Å². The van der Waals surface area contributed by atoms with Crippen molar-refractivity contribution in [3.63, 3.8) is 0 Å². The van der Waals surface area contributed by atoms with Crippen LogP contribution in [0.25, 0.3) is 0 Å². The zero-order chi connectivity index (χ0) is 11.2. The van der Waals surface area contributed by atoms with Gasteiger partial charge < -0.3 is 0 Å². The summed E-state index contributed by atoms with van der Waals surface area (Å²) in [6.07, 6.45) is 0. The van der Waals surface area contributed by atoms with E-state index >= 15 is 0 Å². The quantitative estimate of drug-likeness (QED) is 0.622. The Bertz CT molecular complexity index is 404. The van der Waals surface area contributed by atoms with Crippen molar-refractivity contribution in [3.05, 3.63) is 41.0 Å². The van der Waals surface area contributed by atoms with Gasteiger partial charge in [0.15, 0.2) is 0 Å². The van der Waals surface area contributed by atoms with Crippen LogP contribution in [0.2, 0.25) is 0 Å². The molecule has 0 spiro atoms. The first-order valence-electron chi connectivity index (χ1n) is 5.01. The van der Waals surface area contributed by atoms with Gasteiger partial charge in [0.2, 0.25) is 0 Å². The van der Waals surface area contributed by atoms with Crippen molar-refractivity contribution in [1.29, 1.82) is 0 Å². The summed E-state index contributed by atoms with van der Waals surface area (Å²) < 4.78 is 1.07. The van der Waals surface area contributed by atoms with Crippen LogP contribution in [0.3, 0.4) is 0 Å². The molecule has 0 aliphatic heterocycles. The predicted octanol–water partition coefficient (Wildman–Crippen LogP) is 1.78. The molecule has 0 saturated heterocycles. The van der Waals surface area contributed by atoms with Gasteiger partial charge in [0, 0.05) is 0 Å². The molecule has 0 N–H and O–H groups in total. The van der Waals surface area contributed by atoms with E-state index in [1.54, 1.807) is 0 Å².